The average Bonchev–Trinajstić information content (AvgIpc) is 2.48. The second kappa shape index (κ2) is 11.8. The smallest absolute Gasteiger partial charge is 0.0281 e. The molecule has 0 aromatic rings. The molecule has 1 saturated heterocycles. The van der Waals surface area contributed by atoms with Gasteiger partial charge in [0, 0.05) is 73.4 Å². The van der Waals surface area contributed by atoms with Crippen molar-refractivity contribution in [2.75, 3.05) is 49.2 Å². The summed E-state index contributed by atoms with van der Waals surface area (Å²) in [5.41, 5.74) is 0. The molecule has 1 heterocycles. The van der Waals surface area contributed by atoms with Gasteiger partial charge in [0.05, 0.1) is 0 Å². The topological polar surface area (TPSA) is 48.1 Å². The van der Waals surface area contributed by atoms with Crippen molar-refractivity contribution in [3.05, 3.63) is 0 Å². The highest BCUT2D eigenvalue weighted by molar-refractivity contribution is 7.80. The van der Waals surface area contributed by atoms with Crippen molar-refractivity contribution in [1.82, 2.24) is 21.3 Å². The van der Waals surface area contributed by atoms with E-state index in [-0.39, 0.29) is 0 Å². The molecule has 0 aliphatic carbocycles. The van der Waals surface area contributed by atoms with Gasteiger partial charge in [-0.15, -0.1) is 0 Å². The fourth-order valence-electron chi connectivity index (χ4n) is 2.04. The third-order valence-corrected chi connectivity index (χ3v) is 5.26. The van der Waals surface area contributed by atoms with E-state index in [1.165, 1.54) is 0 Å². The van der Waals surface area contributed by atoms with Gasteiger partial charge >= 0.3 is 0 Å². The Kier molecular flexibility index (Phi) is 11.3. The van der Waals surface area contributed by atoms with E-state index in [0.29, 0.717) is 24.2 Å². The van der Waals surface area contributed by atoms with Crippen molar-refractivity contribution >= 4 is 50.5 Å². The average molecular weight is 357 g/mol. The standard InChI is InChI=1S/C12H28N4S4/c17-5-9-1-13-10(6-18)2-15-12(8-20)4-16-11(7-19)3-14-9/h9-20H,1-8H2/t9-,10-,11-,12-/m1/s1. The third-order valence-electron chi connectivity index (χ3n) is 3.49. The van der Waals surface area contributed by atoms with Crippen LogP contribution in [-0.2, 0) is 0 Å². The molecule has 20 heavy (non-hydrogen) atoms. The molecule has 1 fully saturated rings. The fraction of sp³-hybridized carbons (Fsp3) is 1.00. The zero-order valence-corrected chi connectivity index (χ0v) is 15.3. The van der Waals surface area contributed by atoms with E-state index in [9.17, 15) is 0 Å². The van der Waals surface area contributed by atoms with Crippen LogP contribution in [0.4, 0.5) is 0 Å². The maximum absolute atomic E-state index is 4.42. The van der Waals surface area contributed by atoms with Crippen molar-refractivity contribution in [3.63, 3.8) is 0 Å². The molecule has 1 aliphatic rings. The zero-order chi connectivity index (χ0) is 14.8. The lowest BCUT2D eigenvalue weighted by molar-refractivity contribution is 0.384. The Morgan fingerprint density at radius 2 is 0.700 bits per heavy atom. The summed E-state index contributed by atoms with van der Waals surface area (Å²) in [5, 5.41) is 14.2. The number of thiol groups is 4. The van der Waals surface area contributed by atoms with Crippen molar-refractivity contribution < 1.29 is 0 Å². The molecule has 8 heteroatoms. The molecule has 0 saturated carbocycles. The first-order valence-corrected chi connectivity index (χ1v) is 9.63. The van der Waals surface area contributed by atoms with E-state index in [1.54, 1.807) is 0 Å². The maximum Gasteiger partial charge on any atom is 0.0281 e. The Morgan fingerprint density at radius 3 is 0.850 bits per heavy atom. The first-order chi connectivity index (χ1) is 9.73. The van der Waals surface area contributed by atoms with Gasteiger partial charge in [-0.1, -0.05) is 0 Å². The Balaban J connectivity index is 2.58. The number of hydrogen-bond donors (Lipinski definition) is 8. The molecule has 120 valence electrons. The largest absolute Gasteiger partial charge is 0.310 e. The molecule has 4 atom stereocenters. The third kappa shape index (κ3) is 7.49. The van der Waals surface area contributed by atoms with Gasteiger partial charge in [0.15, 0.2) is 0 Å². The summed E-state index contributed by atoms with van der Waals surface area (Å²) in [7, 11) is 0. The molecule has 0 amide bonds. The molecule has 4 N–H and O–H groups in total. The van der Waals surface area contributed by atoms with Gasteiger partial charge in [-0.25, -0.2) is 0 Å². The van der Waals surface area contributed by atoms with Crippen LogP contribution in [0.15, 0.2) is 0 Å². The van der Waals surface area contributed by atoms with Gasteiger partial charge in [-0.3, -0.25) is 0 Å². The van der Waals surface area contributed by atoms with Gasteiger partial charge in [0.1, 0.15) is 0 Å². The molecule has 0 unspecified atom stereocenters. The maximum atomic E-state index is 4.42. The molecule has 1 rings (SSSR count). The summed E-state index contributed by atoms with van der Waals surface area (Å²) in [6.45, 7) is 3.62. The quantitative estimate of drug-likeness (QED) is 0.329. The fourth-order valence-corrected chi connectivity index (χ4v) is 3.07. The summed E-state index contributed by atoms with van der Waals surface area (Å²) in [6, 6.07) is 1.46. The molecule has 1 aliphatic heterocycles. The van der Waals surface area contributed by atoms with Gasteiger partial charge in [-0.2, -0.15) is 50.5 Å². The molecule has 0 spiro atoms. The van der Waals surface area contributed by atoms with E-state index < -0.39 is 0 Å². The van der Waals surface area contributed by atoms with Crippen molar-refractivity contribution in [2.45, 2.75) is 24.2 Å². The van der Waals surface area contributed by atoms with Crippen LogP contribution in [-0.4, -0.2) is 73.4 Å². The molecule has 0 bridgehead atoms. The van der Waals surface area contributed by atoms with Crippen LogP contribution < -0.4 is 21.3 Å². The van der Waals surface area contributed by atoms with E-state index in [4.69, 9.17) is 0 Å². The highest BCUT2D eigenvalue weighted by Gasteiger charge is 2.17. The van der Waals surface area contributed by atoms with E-state index in [0.717, 1.165) is 49.2 Å². The minimum Gasteiger partial charge on any atom is -0.310 e. The van der Waals surface area contributed by atoms with E-state index in [1.807, 2.05) is 0 Å². The minimum atomic E-state index is 0.366. The highest BCUT2D eigenvalue weighted by atomic mass is 32.1. The molecule has 4 nitrogen and oxygen atoms in total. The molecule has 0 aromatic carbocycles. The lowest BCUT2D eigenvalue weighted by atomic mass is 10.2. The van der Waals surface area contributed by atoms with E-state index >= 15 is 0 Å². The SMILES string of the molecule is SC[C@H]1CN[C@@H](CS)CN[C@@H](CS)CN[C@@H](CS)CN1. The Labute approximate surface area is 145 Å². The normalized spacial score (nSPS) is 34.2. The number of rotatable bonds is 4. The van der Waals surface area contributed by atoms with Crippen LogP contribution >= 0.6 is 50.5 Å². The molecule has 0 aromatic heterocycles. The summed E-state index contributed by atoms with van der Waals surface area (Å²) in [4.78, 5) is 0. The van der Waals surface area contributed by atoms with Crippen LogP contribution in [0.2, 0.25) is 0 Å². The zero-order valence-electron chi connectivity index (χ0n) is 11.8. The molecule has 0 radical (unpaired) electrons. The van der Waals surface area contributed by atoms with Crippen LogP contribution in [0.25, 0.3) is 0 Å². The van der Waals surface area contributed by atoms with Crippen molar-refractivity contribution in [3.8, 4) is 0 Å². The van der Waals surface area contributed by atoms with Crippen LogP contribution in [0.5, 0.6) is 0 Å². The Hall–Kier alpha value is 1.24. The lowest BCUT2D eigenvalue weighted by Crippen LogP contribution is -2.55. The summed E-state index contributed by atoms with van der Waals surface area (Å²) >= 11 is 17.7. The summed E-state index contributed by atoms with van der Waals surface area (Å²) in [5.74, 6) is 3.27. The Bertz CT molecular complexity index is 183. The minimum absolute atomic E-state index is 0.366. The first-order valence-electron chi connectivity index (χ1n) is 7.10. The van der Waals surface area contributed by atoms with Gasteiger partial charge in [-0.05, 0) is 0 Å². The van der Waals surface area contributed by atoms with E-state index in [2.05, 4.69) is 71.8 Å². The predicted octanol–water partition coefficient (Wildman–Crippen LogP) is -0.448. The van der Waals surface area contributed by atoms with Crippen LogP contribution in [0.1, 0.15) is 0 Å². The monoisotopic (exact) mass is 356 g/mol. The highest BCUT2D eigenvalue weighted by Crippen LogP contribution is 1.97. The summed E-state index contributed by atoms with van der Waals surface area (Å²) < 4.78 is 0. The lowest BCUT2D eigenvalue weighted by Gasteiger charge is -2.29. The Morgan fingerprint density at radius 1 is 0.500 bits per heavy atom. The van der Waals surface area contributed by atoms with Gasteiger partial charge in [0.25, 0.3) is 0 Å². The second-order valence-corrected chi connectivity index (χ2v) is 6.61. The number of nitrogens with one attached hydrogen (secondary N) is 4. The molecular formula is C12H28N4S4. The van der Waals surface area contributed by atoms with Gasteiger partial charge in [0.2, 0.25) is 0 Å². The van der Waals surface area contributed by atoms with Crippen LogP contribution in [0.3, 0.4) is 0 Å². The second-order valence-electron chi connectivity index (χ2n) is 5.15. The molecular weight excluding hydrogens is 328 g/mol. The first kappa shape index (κ1) is 19.3. The number of hydrogen-bond acceptors (Lipinski definition) is 8. The predicted molar refractivity (Wildman–Crippen MR) is 103 cm³/mol. The van der Waals surface area contributed by atoms with Crippen molar-refractivity contribution in [1.29, 1.82) is 0 Å². The van der Waals surface area contributed by atoms with Crippen molar-refractivity contribution in [2.24, 2.45) is 0 Å². The van der Waals surface area contributed by atoms with Crippen LogP contribution in [0, 0.1) is 0 Å². The van der Waals surface area contributed by atoms with Gasteiger partial charge < -0.3 is 21.3 Å². The summed E-state index contributed by atoms with van der Waals surface area (Å²) in [6.07, 6.45) is 0.